The van der Waals surface area contributed by atoms with Crippen molar-refractivity contribution in [3.8, 4) is 0 Å². The minimum absolute atomic E-state index is 0.198. The van der Waals surface area contributed by atoms with Gasteiger partial charge >= 0.3 is 0 Å². The molecule has 0 aromatic rings. The van der Waals surface area contributed by atoms with Gasteiger partial charge in [-0.25, -0.2) is 0 Å². The lowest BCUT2D eigenvalue weighted by Crippen LogP contribution is -2.41. The second-order valence-electron chi connectivity index (χ2n) is 4.69. The highest BCUT2D eigenvalue weighted by molar-refractivity contribution is 7.80. The molecular weight excluding hydrogens is 234 g/mol. The van der Waals surface area contributed by atoms with Gasteiger partial charge in [0.2, 0.25) is 0 Å². The van der Waals surface area contributed by atoms with Crippen LogP contribution in [0.5, 0.6) is 0 Å². The molecule has 0 bridgehead atoms. The molecule has 0 heterocycles. The lowest BCUT2D eigenvalue weighted by molar-refractivity contribution is 0.179. The van der Waals surface area contributed by atoms with Crippen LogP contribution in [-0.4, -0.2) is 30.6 Å². The average Bonchev–Trinajstić information content (AvgIpc) is 2.28. The number of ether oxygens (including phenoxy) is 1. The third-order valence-electron chi connectivity index (χ3n) is 2.98. The number of rotatable bonds is 4. The topological polar surface area (TPSA) is 45.6 Å². The molecule has 1 saturated carbocycles. The van der Waals surface area contributed by atoms with Gasteiger partial charge in [-0.05, 0) is 44.3 Å². The van der Waals surface area contributed by atoms with E-state index in [0.717, 1.165) is 6.42 Å². The third-order valence-corrected chi connectivity index (χ3v) is 3.19. The highest BCUT2D eigenvalue weighted by Gasteiger charge is 2.15. The maximum Gasteiger partial charge on any atom is 0.187 e. The van der Waals surface area contributed by atoms with Gasteiger partial charge in [-0.15, -0.1) is 0 Å². The fraction of sp³-hybridized carbons (Fsp3) is 0.833. The van der Waals surface area contributed by atoms with Gasteiger partial charge in [-0.3, -0.25) is 5.43 Å². The van der Waals surface area contributed by atoms with Crippen molar-refractivity contribution in [2.45, 2.75) is 45.6 Å². The van der Waals surface area contributed by atoms with Crippen molar-refractivity contribution in [3.05, 3.63) is 0 Å². The fourth-order valence-electron chi connectivity index (χ4n) is 2.01. The first-order valence-electron chi connectivity index (χ1n) is 6.25. The summed E-state index contributed by atoms with van der Waals surface area (Å²) in [6.07, 6.45) is 4.88. The molecule has 1 aliphatic carbocycles. The van der Waals surface area contributed by atoms with Crippen LogP contribution >= 0.6 is 12.2 Å². The Balaban J connectivity index is 2.33. The van der Waals surface area contributed by atoms with Crippen LogP contribution < -0.4 is 10.7 Å². The number of nitrogens with zero attached hydrogens (tertiary/aromatic N) is 1. The monoisotopic (exact) mass is 257 g/mol. The van der Waals surface area contributed by atoms with E-state index in [2.05, 4.69) is 22.8 Å². The number of hydrazone groups is 1. The summed E-state index contributed by atoms with van der Waals surface area (Å²) in [5.41, 5.74) is 4.16. The molecule has 1 aliphatic rings. The summed E-state index contributed by atoms with van der Waals surface area (Å²) in [7, 11) is 1.68. The van der Waals surface area contributed by atoms with E-state index in [9.17, 15) is 0 Å². The molecule has 2 N–H and O–H groups in total. The Morgan fingerprint density at radius 1 is 1.59 bits per heavy atom. The summed E-state index contributed by atoms with van der Waals surface area (Å²) in [5.74, 6) is 0.579. The number of nitrogens with one attached hydrogen (secondary N) is 2. The van der Waals surface area contributed by atoms with Crippen LogP contribution in [0.2, 0.25) is 0 Å². The lowest BCUT2D eigenvalue weighted by Gasteiger charge is -2.20. The van der Waals surface area contributed by atoms with Gasteiger partial charge in [0.05, 0.1) is 6.61 Å². The minimum atomic E-state index is 0.198. The zero-order valence-electron chi connectivity index (χ0n) is 11.0. The molecule has 2 atom stereocenters. The van der Waals surface area contributed by atoms with Crippen molar-refractivity contribution >= 4 is 23.0 Å². The van der Waals surface area contributed by atoms with E-state index in [-0.39, 0.29) is 6.04 Å². The molecule has 0 aromatic heterocycles. The van der Waals surface area contributed by atoms with Crippen LogP contribution in [0, 0.1) is 5.92 Å². The van der Waals surface area contributed by atoms with Gasteiger partial charge in [0.15, 0.2) is 5.11 Å². The van der Waals surface area contributed by atoms with E-state index in [4.69, 9.17) is 17.0 Å². The van der Waals surface area contributed by atoms with Crippen molar-refractivity contribution in [2.75, 3.05) is 13.7 Å². The van der Waals surface area contributed by atoms with Gasteiger partial charge in [0.25, 0.3) is 0 Å². The smallest absolute Gasteiger partial charge is 0.187 e. The summed E-state index contributed by atoms with van der Waals surface area (Å²) >= 11 is 5.17. The fourth-order valence-corrected chi connectivity index (χ4v) is 2.25. The molecule has 0 radical (unpaired) electrons. The lowest BCUT2D eigenvalue weighted by atomic mass is 9.89. The first-order chi connectivity index (χ1) is 8.13. The Bertz CT molecular complexity index is 281. The SMILES string of the molecule is COC[C@@H](C)NC(=S)N/N=C1/CCCC[C@H]1C. The van der Waals surface area contributed by atoms with Gasteiger partial charge in [0, 0.05) is 18.9 Å². The zero-order chi connectivity index (χ0) is 12.7. The van der Waals surface area contributed by atoms with E-state index in [0.29, 0.717) is 17.6 Å². The standard InChI is InChI=1S/C12H23N3OS/c1-9-6-4-5-7-11(9)14-15-12(17)13-10(2)8-16-3/h9-10H,4-8H2,1-3H3,(H2,13,15,17)/b14-11-/t9-,10-/m1/s1. The summed E-state index contributed by atoms with van der Waals surface area (Å²) in [6.45, 7) is 4.88. The molecular formula is C12H23N3OS. The average molecular weight is 257 g/mol. The Labute approximate surface area is 109 Å². The van der Waals surface area contributed by atoms with Crippen molar-refractivity contribution < 1.29 is 4.74 Å². The number of methoxy groups -OCH3 is 1. The van der Waals surface area contributed by atoms with E-state index >= 15 is 0 Å². The molecule has 1 rings (SSSR count). The molecule has 0 amide bonds. The van der Waals surface area contributed by atoms with Crippen LogP contribution in [-0.2, 0) is 4.74 Å². The maximum absolute atomic E-state index is 5.17. The minimum Gasteiger partial charge on any atom is -0.383 e. The Morgan fingerprint density at radius 2 is 2.35 bits per heavy atom. The van der Waals surface area contributed by atoms with Crippen molar-refractivity contribution in [2.24, 2.45) is 11.0 Å². The molecule has 98 valence electrons. The summed E-state index contributed by atoms with van der Waals surface area (Å²) in [6, 6.07) is 0.198. The van der Waals surface area contributed by atoms with Gasteiger partial charge in [-0.1, -0.05) is 13.3 Å². The van der Waals surface area contributed by atoms with E-state index in [1.54, 1.807) is 7.11 Å². The molecule has 0 unspecified atom stereocenters. The predicted octanol–water partition coefficient (Wildman–Crippen LogP) is 2.05. The van der Waals surface area contributed by atoms with Gasteiger partial charge in [-0.2, -0.15) is 5.10 Å². The third kappa shape index (κ3) is 5.46. The van der Waals surface area contributed by atoms with Crippen molar-refractivity contribution in [1.82, 2.24) is 10.7 Å². The van der Waals surface area contributed by atoms with Crippen LogP contribution in [0.15, 0.2) is 5.10 Å². The quantitative estimate of drug-likeness (QED) is 0.598. The number of hydrogen-bond donors (Lipinski definition) is 2. The molecule has 0 aliphatic heterocycles. The van der Waals surface area contributed by atoms with Gasteiger partial charge < -0.3 is 10.1 Å². The summed E-state index contributed by atoms with van der Waals surface area (Å²) < 4.78 is 5.03. The normalized spacial score (nSPS) is 24.4. The molecule has 0 saturated heterocycles. The van der Waals surface area contributed by atoms with Crippen LogP contribution in [0.3, 0.4) is 0 Å². The first kappa shape index (κ1) is 14.4. The Hall–Kier alpha value is -0.680. The maximum atomic E-state index is 5.17. The summed E-state index contributed by atoms with van der Waals surface area (Å²) in [4.78, 5) is 0. The van der Waals surface area contributed by atoms with Crippen molar-refractivity contribution in [1.29, 1.82) is 0 Å². The van der Waals surface area contributed by atoms with E-state index < -0.39 is 0 Å². The number of thiocarbonyl (C=S) groups is 1. The predicted molar refractivity (Wildman–Crippen MR) is 75.3 cm³/mol. The van der Waals surface area contributed by atoms with Gasteiger partial charge in [0.1, 0.15) is 0 Å². The molecule has 17 heavy (non-hydrogen) atoms. The van der Waals surface area contributed by atoms with Crippen LogP contribution in [0.25, 0.3) is 0 Å². The molecule has 0 spiro atoms. The molecule has 0 aromatic carbocycles. The van der Waals surface area contributed by atoms with E-state index in [1.807, 2.05) is 6.92 Å². The van der Waals surface area contributed by atoms with Crippen LogP contribution in [0.4, 0.5) is 0 Å². The van der Waals surface area contributed by atoms with Crippen LogP contribution in [0.1, 0.15) is 39.5 Å². The largest absolute Gasteiger partial charge is 0.383 e. The zero-order valence-corrected chi connectivity index (χ0v) is 11.8. The second kappa shape index (κ2) is 7.61. The number of hydrogen-bond acceptors (Lipinski definition) is 3. The molecule has 1 fully saturated rings. The Morgan fingerprint density at radius 3 is 3.00 bits per heavy atom. The summed E-state index contributed by atoms with van der Waals surface area (Å²) in [5, 5.41) is 8.09. The second-order valence-corrected chi connectivity index (χ2v) is 5.10. The van der Waals surface area contributed by atoms with Crippen molar-refractivity contribution in [3.63, 3.8) is 0 Å². The molecule has 4 nitrogen and oxygen atoms in total. The Kier molecular flexibility index (Phi) is 6.44. The first-order valence-corrected chi connectivity index (χ1v) is 6.66. The van der Waals surface area contributed by atoms with E-state index in [1.165, 1.54) is 25.0 Å². The molecule has 5 heteroatoms. The highest BCUT2D eigenvalue weighted by atomic mass is 32.1. The highest BCUT2D eigenvalue weighted by Crippen LogP contribution is 2.20.